The molecule has 0 unspecified atom stereocenters. The Morgan fingerprint density at radius 1 is 1.28 bits per heavy atom. The molecule has 2 atom stereocenters. The second-order valence-electron chi connectivity index (χ2n) is 4.29. The van der Waals surface area contributed by atoms with E-state index in [9.17, 15) is 18.0 Å². The van der Waals surface area contributed by atoms with Gasteiger partial charge in [-0.3, -0.25) is 4.79 Å². The zero-order valence-electron chi connectivity index (χ0n) is 9.37. The normalized spacial score (nSPS) is 24.2. The fourth-order valence-electron chi connectivity index (χ4n) is 2.34. The third kappa shape index (κ3) is 2.33. The molecule has 3 nitrogen and oxygen atoms in total. The standard InChI is InChI=1S/C12H12F3NO2/c13-12(14,15)10-4-2-1-3-7(10)8-5-16-6-9(8)11(17)18/h1-4,8-9,16H,5-6H2,(H,17,18)/t8-,9-/m0/s1. The van der Waals surface area contributed by atoms with E-state index in [0.717, 1.165) is 6.07 Å². The largest absolute Gasteiger partial charge is 0.481 e. The van der Waals surface area contributed by atoms with Crippen molar-refractivity contribution in [2.45, 2.75) is 12.1 Å². The van der Waals surface area contributed by atoms with Crippen LogP contribution in [0.5, 0.6) is 0 Å². The van der Waals surface area contributed by atoms with Crippen molar-refractivity contribution in [1.82, 2.24) is 5.32 Å². The third-order valence-corrected chi connectivity index (χ3v) is 3.20. The number of hydrogen-bond donors (Lipinski definition) is 2. The lowest BCUT2D eigenvalue weighted by Gasteiger charge is -2.20. The van der Waals surface area contributed by atoms with Gasteiger partial charge in [0.15, 0.2) is 0 Å². The van der Waals surface area contributed by atoms with Gasteiger partial charge in [-0.15, -0.1) is 0 Å². The van der Waals surface area contributed by atoms with Crippen molar-refractivity contribution in [2.75, 3.05) is 13.1 Å². The molecule has 0 radical (unpaired) electrons. The summed E-state index contributed by atoms with van der Waals surface area (Å²) >= 11 is 0. The van der Waals surface area contributed by atoms with E-state index in [1.165, 1.54) is 18.2 Å². The Bertz CT molecular complexity index is 459. The number of hydrogen-bond acceptors (Lipinski definition) is 2. The molecule has 1 aliphatic rings. The highest BCUT2D eigenvalue weighted by molar-refractivity contribution is 5.72. The second-order valence-corrected chi connectivity index (χ2v) is 4.29. The minimum Gasteiger partial charge on any atom is -0.481 e. The summed E-state index contributed by atoms with van der Waals surface area (Å²) in [6.07, 6.45) is -4.46. The number of carbonyl (C=O) groups is 1. The Labute approximate surface area is 102 Å². The van der Waals surface area contributed by atoms with Gasteiger partial charge < -0.3 is 10.4 Å². The first-order valence-electron chi connectivity index (χ1n) is 5.51. The van der Waals surface area contributed by atoms with Crippen molar-refractivity contribution >= 4 is 5.97 Å². The van der Waals surface area contributed by atoms with Gasteiger partial charge in [0.25, 0.3) is 0 Å². The zero-order chi connectivity index (χ0) is 13.3. The number of alkyl halides is 3. The van der Waals surface area contributed by atoms with Crippen LogP contribution in [0.4, 0.5) is 13.2 Å². The Morgan fingerprint density at radius 3 is 2.56 bits per heavy atom. The maximum atomic E-state index is 12.9. The van der Waals surface area contributed by atoms with Gasteiger partial charge in [-0.05, 0) is 11.6 Å². The van der Waals surface area contributed by atoms with E-state index in [1.807, 2.05) is 0 Å². The lowest BCUT2D eigenvalue weighted by Crippen LogP contribution is -2.23. The summed E-state index contributed by atoms with van der Waals surface area (Å²) in [5.41, 5.74) is -0.688. The number of carboxylic acids is 1. The van der Waals surface area contributed by atoms with E-state index in [-0.39, 0.29) is 18.7 Å². The topological polar surface area (TPSA) is 49.3 Å². The van der Waals surface area contributed by atoms with Crippen LogP contribution in [0.2, 0.25) is 0 Å². The van der Waals surface area contributed by atoms with Crippen LogP contribution < -0.4 is 5.32 Å². The quantitative estimate of drug-likeness (QED) is 0.855. The molecule has 0 bridgehead atoms. The minimum atomic E-state index is -4.46. The van der Waals surface area contributed by atoms with Gasteiger partial charge in [0.05, 0.1) is 11.5 Å². The van der Waals surface area contributed by atoms with E-state index < -0.39 is 29.5 Å². The number of nitrogens with one attached hydrogen (secondary N) is 1. The van der Waals surface area contributed by atoms with Crippen molar-refractivity contribution in [2.24, 2.45) is 5.92 Å². The van der Waals surface area contributed by atoms with Crippen molar-refractivity contribution < 1.29 is 23.1 Å². The number of halogens is 3. The first-order chi connectivity index (χ1) is 8.41. The smallest absolute Gasteiger partial charge is 0.416 e. The lowest BCUT2D eigenvalue weighted by molar-refractivity contribution is -0.143. The molecule has 1 fully saturated rings. The van der Waals surface area contributed by atoms with E-state index in [2.05, 4.69) is 5.32 Å². The highest BCUT2D eigenvalue weighted by atomic mass is 19.4. The van der Waals surface area contributed by atoms with E-state index in [1.54, 1.807) is 0 Å². The van der Waals surface area contributed by atoms with Gasteiger partial charge in [-0.2, -0.15) is 13.2 Å². The van der Waals surface area contributed by atoms with E-state index in [0.29, 0.717) is 0 Å². The molecule has 1 aromatic rings. The molecular weight excluding hydrogens is 247 g/mol. The Kier molecular flexibility index (Phi) is 3.30. The number of rotatable bonds is 2. The molecule has 0 amide bonds. The molecule has 0 aromatic heterocycles. The van der Waals surface area contributed by atoms with Gasteiger partial charge in [-0.25, -0.2) is 0 Å². The molecule has 18 heavy (non-hydrogen) atoms. The lowest BCUT2D eigenvalue weighted by atomic mass is 9.86. The van der Waals surface area contributed by atoms with Crippen LogP contribution in [-0.2, 0) is 11.0 Å². The molecule has 1 aromatic carbocycles. The van der Waals surface area contributed by atoms with Gasteiger partial charge in [0.1, 0.15) is 0 Å². The molecule has 6 heteroatoms. The zero-order valence-corrected chi connectivity index (χ0v) is 9.37. The summed E-state index contributed by atoms with van der Waals surface area (Å²) in [6.45, 7) is 0.455. The summed E-state index contributed by atoms with van der Waals surface area (Å²) in [5, 5.41) is 11.9. The molecule has 1 heterocycles. The van der Waals surface area contributed by atoms with Crippen molar-refractivity contribution in [3.8, 4) is 0 Å². The first kappa shape index (κ1) is 12.9. The van der Waals surface area contributed by atoms with Crippen LogP contribution in [0.3, 0.4) is 0 Å². The Balaban J connectivity index is 2.42. The van der Waals surface area contributed by atoms with Crippen LogP contribution in [0, 0.1) is 5.92 Å². The van der Waals surface area contributed by atoms with Crippen LogP contribution in [-0.4, -0.2) is 24.2 Å². The molecule has 0 aliphatic carbocycles. The average molecular weight is 259 g/mol. The molecular formula is C12H12F3NO2. The average Bonchev–Trinajstić information content (AvgIpc) is 2.76. The van der Waals surface area contributed by atoms with Crippen LogP contribution in [0.25, 0.3) is 0 Å². The van der Waals surface area contributed by atoms with Crippen LogP contribution in [0.15, 0.2) is 24.3 Å². The van der Waals surface area contributed by atoms with Crippen molar-refractivity contribution in [3.63, 3.8) is 0 Å². The summed E-state index contributed by atoms with van der Waals surface area (Å²) in [7, 11) is 0. The summed E-state index contributed by atoms with van der Waals surface area (Å²) < 4.78 is 38.6. The van der Waals surface area contributed by atoms with Gasteiger partial charge in [0.2, 0.25) is 0 Å². The summed E-state index contributed by atoms with van der Waals surface area (Å²) in [5.74, 6) is -2.52. The maximum Gasteiger partial charge on any atom is 0.416 e. The van der Waals surface area contributed by atoms with Crippen LogP contribution >= 0.6 is 0 Å². The number of benzene rings is 1. The molecule has 98 valence electrons. The van der Waals surface area contributed by atoms with Gasteiger partial charge in [0, 0.05) is 19.0 Å². The molecule has 0 saturated carbocycles. The van der Waals surface area contributed by atoms with Crippen LogP contribution in [0.1, 0.15) is 17.0 Å². The molecule has 1 aliphatic heterocycles. The molecule has 2 rings (SSSR count). The maximum absolute atomic E-state index is 12.9. The molecule has 1 saturated heterocycles. The first-order valence-corrected chi connectivity index (χ1v) is 5.51. The minimum absolute atomic E-state index is 0.0578. The monoisotopic (exact) mass is 259 g/mol. The second kappa shape index (κ2) is 4.61. The third-order valence-electron chi connectivity index (χ3n) is 3.20. The predicted octanol–water partition coefficient (Wildman–Crippen LogP) is 2.09. The SMILES string of the molecule is O=C(O)[C@H]1CNC[C@H]1c1ccccc1C(F)(F)F. The highest BCUT2D eigenvalue weighted by Gasteiger charge is 2.40. The van der Waals surface area contributed by atoms with Crippen molar-refractivity contribution in [1.29, 1.82) is 0 Å². The van der Waals surface area contributed by atoms with E-state index >= 15 is 0 Å². The Hall–Kier alpha value is -1.56. The van der Waals surface area contributed by atoms with Crippen molar-refractivity contribution in [3.05, 3.63) is 35.4 Å². The number of carboxylic acid groups (broad SMARTS) is 1. The van der Waals surface area contributed by atoms with Gasteiger partial charge in [-0.1, -0.05) is 18.2 Å². The van der Waals surface area contributed by atoms with Gasteiger partial charge >= 0.3 is 12.1 Å². The number of aliphatic carboxylic acids is 1. The fourth-order valence-corrected chi connectivity index (χ4v) is 2.34. The molecule has 0 spiro atoms. The summed E-state index contributed by atoms with van der Waals surface area (Å²) in [4.78, 5) is 11.0. The van der Waals surface area contributed by atoms with E-state index in [4.69, 9.17) is 5.11 Å². The predicted molar refractivity (Wildman–Crippen MR) is 58.2 cm³/mol. The molecule has 2 N–H and O–H groups in total. The highest BCUT2D eigenvalue weighted by Crippen LogP contribution is 2.38. The summed E-state index contributed by atoms with van der Waals surface area (Å²) in [6, 6.07) is 5.16. The Morgan fingerprint density at radius 2 is 1.94 bits per heavy atom. The fraction of sp³-hybridized carbons (Fsp3) is 0.417.